The Morgan fingerprint density at radius 3 is 2.67 bits per heavy atom. The molecule has 0 saturated carbocycles. The molecule has 1 aliphatic rings. The van der Waals surface area contributed by atoms with Gasteiger partial charge in [0.15, 0.2) is 0 Å². The Kier molecular flexibility index (Phi) is 3.27. The molecular formula is C13H20N2. The zero-order valence-corrected chi connectivity index (χ0v) is 9.50. The minimum absolute atomic E-state index is 0.953. The van der Waals surface area contributed by atoms with Crippen LogP contribution in [0.3, 0.4) is 0 Å². The van der Waals surface area contributed by atoms with Gasteiger partial charge in [0.05, 0.1) is 0 Å². The summed E-state index contributed by atoms with van der Waals surface area (Å²) < 4.78 is 0. The Hall–Kier alpha value is -1.02. The molecule has 0 bridgehead atoms. The predicted octanol–water partition coefficient (Wildman–Crippen LogP) is 2.22. The number of benzene rings is 1. The van der Waals surface area contributed by atoms with E-state index in [0.29, 0.717) is 0 Å². The van der Waals surface area contributed by atoms with E-state index < -0.39 is 0 Å². The van der Waals surface area contributed by atoms with E-state index in [1.54, 1.807) is 0 Å². The van der Waals surface area contributed by atoms with Crippen molar-refractivity contribution in [3.63, 3.8) is 0 Å². The van der Waals surface area contributed by atoms with Crippen LogP contribution in [0, 0.1) is 6.92 Å². The van der Waals surface area contributed by atoms with Crippen molar-refractivity contribution < 1.29 is 0 Å². The van der Waals surface area contributed by atoms with Gasteiger partial charge >= 0.3 is 0 Å². The number of likely N-dealkylation sites (tertiary alicyclic amines) is 1. The molecular weight excluding hydrogens is 184 g/mol. The monoisotopic (exact) mass is 204 g/mol. The maximum atomic E-state index is 5.99. The molecule has 2 heteroatoms. The van der Waals surface area contributed by atoms with Crippen LogP contribution < -0.4 is 5.73 Å². The van der Waals surface area contributed by atoms with Crippen LogP contribution in [0.1, 0.15) is 24.0 Å². The summed E-state index contributed by atoms with van der Waals surface area (Å²) in [4.78, 5) is 2.53. The van der Waals surface area contributed by atoms with E-state index in [1.807, 2.05) is 12.1 Å². The summed E-state index contributed by atoms with van der Waals surface area (Å²) in [5, 5.41) is 0. The zero-order valence-electron chi connectivity index (χ0n) is 9.50. The maximum Gasteiger partial charge on any atom is 0.0349 e. The smallest absolute Gasteiger partial charge is 0.0349 e. The molecule has 1 aromatic rings. The molecule has 0 spiro atoms. The molecule has 1 fully saturated rings. The first-order valence-electron chi connectivity index (χ1n) is 5.83. The number of rotatable bonds is 3. The highest BCUT2D eigenvalue weighted by Gasteiger charge is 2.12. The first-order valence-corrected chi connectivity index (χ1v) is 5.83. The quantitative estimate of drug-likeness (QED) is 0.765. The predicted molar refractivity (Wildman–Crippen MR) is 65.0 cm³/mol. The molecule has 2 N–H and O–H groups in total. The summed E-state index contributed by atoms with van der Waals surface area (Å²) in [6, 6.07) is 6.19. The largest absolute Gasteiger partial charge is 0.398 e. The lowest BCUT2D eigenvalue weighted by Crippen LogP contribution is -2.22. The Bertz CT molecular complexity index is 307. The lowest BCUT2D eigenvalue weighted by atomic mass is 10.0. The van der Waals surface area contributed by atoms with Crippen LogP contribution in [0.5, 0.6) is 0 Å². The maximum absolute atomic E-state index is 5.99. The topological polar surface area (TPSA) is 29.3 Å². The Morgan fingerprint density at radius 1 is 1.27 bits per heavy atom. The van der Waals surface area contributed by atoms with Gasteiger partial charge in [-0.2, -0.15) is 0 Å². The number of anilines is 1. The van der Waals surface area contributed by atoms with E-state index in [9.17, 15) is 0 Å². The zero-order chi connectivity index (χ0) is 10.7. The molecule has 0 radical (unpaired) electrons. The lowest BCUT2D eigenvalue weighted by Gasteiger charge is -2.16. The van der Waals surface area contributed by atoms with Crippen LogP contribution in [0.4, 0.5) is 5.69 Å². The number of aryl methyl sites for hydroxylation is 1. The van der Waals surface area contributed by atoms with Crippen molar-refractivity contribution in [1.29, 1.82) is 0 Å². The van der Waals surface area contributed by atoms with E-state index in [4.69, 9.17) is 5.73 Å². The minimum Gasteiger partial charge on any atom is -0.398 e. The van der Waals surface area contributed by atoms with Crippen LogP contribution >= 0.6 is 0 Å². The van der Waals surface area contributed by atoms with Crippen molar-refractivity contribution in [2.75, 3.05) is 25.4 Å². The molecule has 0 unspecified atom stereocenters. The van der Waals surface area contributed by atoms with Gasteiger partial charge in [0.25, 0.3) is 0 Å². The number of hydrogen-bond acceptors (Lipinski definition) is 2. The van der Waals surface area contributed by atoms with Gasteiger partial charge in [-0.05, 0) is 56.5 Å². The van der Waals surface area contributed by atoms with Crippen molar-refractivity contribution >= 4 is 5.69 Å². The van der Waals surface area contributed by atoms with Crippen molar-refractivity contribution in [3.8, 4) is 0 Å². The molecule has 0 amide bonds. The second-order valence-electron chi connectivity index (χ2n) is 4.44. The fourth-order valence-corrected chi connectivity index (χ4v) is 2.34. The number of nitrogen functional groups attached to an aromatic ring is 1. The van der Waals surface area contributed by atoms with Gasteiger partial charge in [0.1, 0.15) is 0 Å². The van der Waals surface area contributed by atoms with E-state index in [-0.39, 0.29) is 0 Å². The average molecular weight is 204 g/mol. The third-order valence-electron chi connectivity index (χ3n) is 3.32. The summed E-state index contributed by atoms with van der Waals surface area (Å²) in [6.07, 6.45) is 3.82. The van der Waals surface area contributed by atoms with E-state index in [2.05, 4.69) is 17.9 Å². The van der Waals surface area contributed by atoms with Crippen molar-refractivity contribution in [3.05, 3.63) is 29.3 Å². The Labute approximate surface area is 92.1 Å². The van der Waals surface area contributed by atoms with Crippen LogP contribution in [0.2, 0.25) is 0 Å². The van der Waals surface area contributed by atoms with Gasteiger partial charge in [0, 0.05) is 12.2 Å². The summed E-state index contributed by atoms with van der Waals surface area (Å²) >= 11 is 0. The first kappa shape index (κ1) is 10.5. The fraction of sp³-hybridized carbons (Fsp3) is 0.538. The van der Waals surface area contributed by atoms with Crippen LogP contribution in [-0.4, -0.2) is 24.5 Å². The molecule has 2 nitrogen and oxygen atoms in total. The van der Waals surface area contributed by atoms with Gasteiger partial charge in [-0.25, -0.2) is 0 Å². The van der Waals surface area contributed by atoms with Crippen LogP contribution in [0.25, 0.3) is 0 Å². The fourth-order valence-electron chi connectivity index (χ4n) is 2.34. The first-order chi connectivity index (χ1) is 7.27. The lowest BCUT2D eigenvalue weighted by molar-refractivity contribution is 0.343. The highest BCUT2D eigenvalue weighted by molar-refractivity contribution is 5.50. The molecule has 1 saturated heterocycles. The van der Waals surface area contributed by atoms with Gasteiger partial charge in [-0.15, -0.1) is 0 Å². The molecule has 82 valence electrons. The molecule has 2 rings (SSSR count). The molecule has 1 aliphatic heterocycles. The average Bonchev–Trinajstić information content (AvgIpc) is 2.70. The molecule has 0 atom stereocenters. The van der Waals surface area contributed by atoms with Crippen LogP contribution in [-0.2, 0) is 6.42 Å². The molecule has 0 aliphatic carbocycles. The summed E-state index contributed by atoms with van der Waals surface area (Å²) in [5.74, 6) is 0. The highest BCUT2D eigenvalue weighted by Crippen LogP contribution is 2.18. The second-order valence-corrected chi connectivity index (χ2v) is 4.44. The van der Waals surface area contributed by atoms with Gasteiger partial charge < -0.3 is 10.6 Å². The Balaban J connectivity index is 1.97. The van der Waals surface area contributed by atoms with Gasteiger partial charge in [0.2, 0.25) is 0 Å². The second kappa shape index (κ2) is 4.67. The SMILES string of the molecule is Cc1cccc(N)c1CCN1CCCC1. The van der Waals surface area contributed by atoms with Crippen LogP contribution in [0.15, 0.2) is 18.2 Å². The highest BCUT2D eigenvalue weighted by atomic mass is 15.1. The van der Waals surface area contributed by atoms with E-state index in [0.717, 1.165) is 18.7 Å². The number of hydrogen-bond donors (Lipinski definition) is 1. The normalized spacial score (nSPS) is 17.1. The molecule has 15 heavy (non-hydrogen) atoms. The van der Waals surface area contributed by atoms with Crippen molar-refractivity contribution in [2.45, 2.75) is 26.2 Å². The molecule has 0 aromatic heterocycles. The third-order valence-corrected chi connectivity index (χ3v) is 3.32. The van der Waals surface area contributed by atoms with Gasteiger partial charge in [-0.3, -0.25) is 0 Å². The molecule has 1 aromatic carbocycles. The summed E-state index contributed by atoms with van der Waals surface area (Å²) in [7, 11) is 0. The van der Waals surface area contributed by atoms with Crippen molar-refractivity contribution in [1.82, 2.24) is 4.90 Å². The van der Waals surface area contributed by atoms with E-state index >= 15 is 0 Å². The van der Waals surface area contributed by atoms with Crippen molar-refractivity contribution in [2.24, 2.45) is 0 Å². The summed E-state index contributed by atoms with van der Waals surface area (Å²) in [6.45, 7) is 5.85. The standard InChI is InChI=1S/C13H20N2/c1-11-5-4-6-13(14)12(11)7-10-15-8-2-3-9-15/h4-6H,2-3,7-10,14H2,1H3. The minimum atomic E-state index is 0.953. The Morgan fingerprint density at radius 2 is 2.00 bits per heavy atom. The molecule has 1 heterocycles. The number of nitrogens with two attached hydrogens (primary N) is 1. The van der Waals surface area contributed by atoms with E-state index in [1.165, 1.54) is 37.1 Å². The van der Waals surface area contributed by atoms with Gasteiger partial charge in [-0.1, -0.05) is 12.1 Å². The third kappa shape index (κ3) is 2.51. The number of nitrogens with zero attached hydrogens (tertiary/aromatic N) is 1. The summed E-state index contributed by atoms with van der Waals surface area (Å²) in [5.41, 5.74) is 9.61.